The molecule has 2 aliphatic heterocycles. The molecule has 2 heterocycles. The maximum atomic E-state index is 11.6. The fraction of sp³-hybridized carbons (Fsp3) is 0.409. The van der Waals surface area contributed by atoms with Crippen LogP contribution in [0.25, 0.3) is 0 Å². The number of benzene rings is 2. The molecule has 0 radical (unpaired) electrons. The van der Waals surface area contributed by atoms with Crippen molar-refractivity contribution < 1.29 is 19.0 Å². The van der Waals surface area contributed by atoms with E-state index in [4.69, 9.17) is 14.2 Å². The number of ether oxygens (including phenoxy) is 3. The van der Waals surface area contributed by atoms with Gasteiger partial charge in [-0.05, 0) is 37.3 Å². The summed E-state index contributed by atoms with van der Waals surface area (Å²) < 4.78 is 16.3. The number of anilines is 1. The van der Waals surface area contributed by atoms with E-state index in [0.29, 0.717) is 24.8 Å². The first-order chi connectivity index (χ1) is 13.7. The van der Waals surface area contributed by atoms with Crippen LogP contribution in [0.1, 0.15) is 22.8 Å². The standard InChI is InChI=1S/C22H26N2O4/c1-16-14-24(19-8-6-17(7-9-19)22(25)26-2)11-10-23(16)15-18-4-3-5-20-21(18)28-13-12-27-20/h3-9,16H,10-15H2,1-2H3. The van der Waals surface area contributed by atoms with Gasteiger partial charge in [0, 0.05) is 43.5 Å². The second-order valence-electron chi connectivity index (χ2n) is 7.25. The van der Waals surface area contributed by atoms with Gasteiger partial charge >= 0.3 is 5.97 Å². The molecule has 4 rings (SSSR count). The Bertz CT molecular complexity index is 837. The maximum Gasteiger partial charge on any atom is 0.337 e. The molecule has 1 unspecified atom stereocenters. The van der Waals surface area contributed by atoms with Crippen molar-refractivity contribution in [1.29, 1.82) is 0 Å². The number of rotatable bonds is 4. The topological polar surface area (TPSA) is 51.2 Å². The average Bonchev–Trinajstić information content (AvgIpc) is 2.75. The third-order valence-electron chi connectivity index (χ3n) is 5.44. The first kappa shape index (κ1) is 18.6. The molecule has 1 atom stereocenters. The summed E-state index contributed by atoms with van der Waals surface area (Å²) in [6.45, 7) is 7.16. The third-order valence-corrected chi connectivity index (χ3v) is 5.44. The Morgan fingerprint density at radius 2 is 1.89 bits per heavy atom. The molecule has 148 valence electrons. The fourth-order valence-electron chi connectivity index (χ4n) is 3.87. The number of piperazine rings is 1. The van der Waals surface area contributed by atoms with Crippen molar-refractivity contribution in [2.75, 3.05) is 44.9 Å². The number of methoxy groups -OCH3 is 1. The highest BCUT2D eigenvalue weighted by Gasteiger charge is 2.26. The first-order valence-corrected chi connectivity index (χ1v) is 9.70. The van der Waals surface area contributed by atoms with Gasteiger partial charge in [0.25, 0.3) is 0 Å². The zero-order chi connectivity index (χ0) is 19.5. The number of para-hydroxylation sites is 1. The molecule has 0 aromatic heterocycles. The predicted molar refractivity (Wildman–Crippen MR) is 107 cm³/mol. The van der Waals surface area contributed by atoms with Crippen LogP contribution in [0.5, 0.6) is 11.5 Å². The summed E-state index contributed by atoms with van der Waals surface area (Å²) >= 11 is 0. The Hall–Kier alpha value is -2.73. The number of fused-ring (bicyclic) bond motifs is 1. The van der Waals surface area contributed by atoms with Gasteiger partial charge in [0.05, 0.1) is 12.7 Å². The number of hydrogen-bond acceptors (Lipinski definition) is 6. The van der Waals surface area contributed by atoms with Crippen molar-refractivity contribution in [1.82, 2.24) is 4.90 Å². The van der Waals surface area contributed by atoms with Crippen LogP contribution in [-0.4, -0.2) is 56.9 Å². The number of carbonyl (C=O) groups is 1. The zero-order valence-corrected chi connectivity index (χ0v) is 16.4. The van der Waals surface area contributed by atoms with Crippen molar-refractivity contribution in [2.24, 2.45) is 0 Å². The minimum absolute atomic E-state index is 0.304. The first-order valence-electron chi connectivity index (χ1n) is 9.70. The minimum Gasteiger partial charge on any atom is -0.486 e. The summed E-state index contributed by atoms with van der Waals surface area (Å²) in [6.07, 6.45) is 0. The van der Waals surface area contributed by atoms with E-state index >= 15 is 0 Å². The van der Waals surface area contributed by atoms with Gasteiger partial charge in [-0.1, -0.05) is 12.1 Å². The molecule has 2 aliphatic rings. The van der Waals surface area contributed by atoms with Crippen LogP contribution >= 0.6 is 0 Å². The lowest BCUT2D eigenvalue weighted by molar-refractivity contribution is 0.0600. The van der Waals surface area contributed by atoms with Crippen LogP contribution in [0, 0.1) is 0 Å². The Kier molecular flexibility index (Phi) is 5.39. The van der Waals surface area contributed by atoms with Crippen LogP contribution in [0.2, 0.25) is 0 Å². The van der Waals surface area contributed by atoms with Crippen molar-refractivity contribution in [3.8, 4) is 11.5 Å². The van der Waals surface area contributed by atoms with Crippen molar-refractivity contribution in [3.63, 3.8) is 0 Å². The molecule has 6 heteroatoms. The summed E-state index contributed by atoms with van der Waals surface area (Å²) in [5.74, 6) is 1.43. The lowest BCUT2D eigenvalue weighted by atomic mass is 10.1. The molecule has 28 heavy (non-hydrogen) atoms. The highest BCUT2D eigenvalue weighted by atomic mass is 16.6. The van der Waals surface area contributed by atoms with Gasteiger partial charge in [0.1, 0.15) is 13.2 Å². The number of nitrogens with zero attached hydrogens (tertiary/aromatic N) is 2. The smallest absolute Gasteiger partial charge is 0.337 e. The molecule has 0 N–H and O–H groups in total. The van der Waals surface area contributed by atoms with Crippen LogP contribution in [0.3, 0.4) is 0 Å². The molecular formula is C22H26N2O4. The highest BCUT2D eigenvalue weighted by Crippen LogP contribution is 2.35. The van der Waals surface area contributed by atoms with E-state index in [-0.39, 0.29) is 5.97 Å². The molecule has 1 saturated heterocycles. The van der Waals surface area contributed by atoms with Crippen LogP contribution in [0.4, 0.5) is 5.69 Å². The van der Waals surface area contributed by atoms with Crippen molar-refractivity contribution in [2.45, 2.75) is 19.5 Å². The molecule has 2 aromatic carbocycles. The third kappa shape index (κ3) is 3.78. The molecule has 0 spiro atoms. The molecule has 2 aromatic rings. The van der Waals surface area contributed by atoms with E-state index in [1.54, 1.807) is 0 Å². The molecule has 0 saturated carbocycles. The van der Waals surface area contributed by atoms with E-state index in [9.17, 15) is 4.79 Å². The van der Waals surface area contributed by atoms with Crippen LogP contribution in [0.15, 0.2) is 42.5 Å². The SMILES string of the molecule is COC(=O)c1ccc(N2CCN(Cc3cccc4c3OCCO4)C(C)C2)cc1. The number of carbonyl (C=O) groups excluding carboxylic acids is 1. The van der Waals surface area contributed by atoms with E-state index in [2.05, 4.69) is 22.8 Å². The maximum absolute atomic E-state index is 11.6. The number of esters is 1. The lowest BCUT2D eigenvalue weighted by Gasteiger charge is -2.41. The second kappa shape index (κ2) is 8.10. The molecular weight excluding hydrogens is 356 g/mol. The van der Waals surface area contributed by atoms with Gasteiger partial charge in [-0.2, -0.15) is 0 Å². The van der Waals surface area contributed by atoms with Crippen molar-refractivity contribution in [3.05, 3.63) is 53.6 Å². The number of hydrogen-bond donors (Lipinski definition) is 0. The zero-order valence-electron chi connectivity index (χ0n) is 16.4. The fourth-order valence-corrected chi connectivity index (χ4v) is 3.87. The predicted octanol–water partition coefficient (Wildman–Crippen LogP) is 2.96. The highest BCUT2D eigenvalue weighted by molar-refractivity contribution is 5.89. The van der Waals surface area contributed by atoms with Crippen LogP contribution < -0.4 is 14.4 Å². The summed E-state index contributed by atoms with van der Waals surface area (Å²) in [4.78, 5) is 16.5. The summed E-state index contributed by atoms with van der Waals surface area (Å²) in [6, 6.07) is 14.2. The summed E-state index contributed by atoms with van der Waals surface area (Å²) in [7, 11) is 1.40. The van der Waals surface area contributed by atoms with E-state index in [1.165, 1.54) is 12.7 Å². The Morgan fingerprint density at radius 3 is 2.64 bits per heavy atom. The summed E-state index contributed by atoms with van der Waals surface area (Å²) in [5.41, 5.74) is 2.89. The van der Waals surface area contributed by atoms with Gasteiger partial charge in [-0.25, -0.2) is 4.79 Å². The quantitative estimate of drug-likeness (QED) is 0.758. The monoisotopic (exact) mass is 382 g/mol. The normalized spacial score (nSPS) is 19.4. The van der Waals surface area contributed by atoms with Gasteiger partial charge in [0.15, 0.2) is 11.5 Å². The molecule has 0 bridgehead atoms. The van der Waals surface area contributed by atoms with E-state index < -0.39 is 0 Å². The largest absolute Gasteiger partial charge is 0.486 e. The minimum atomic E-state index is -0.304. The van der Waals surface area contributed by atoms with Gasteiger partial charge in [-0.3, -0.25) is 4.90 Å². The Balaban J connectivity index is 1.41. The second-order valence-corrected chi connectivity index (χ2v) is 7.25. The molecule has 1 fully saturated rings. The van der Waals surface area contributed by atoms with Crippen LogP contribution in [-0.2, 0) is 11.3 Å². The Morgan fingerprint density at radius 1 is 1.11 bits per heavy atom. The molecule has 6 nitrogen and oxygen atoms in total. The average molecular weight is 382 g/mol. The van der Waals surface area contributed by atoms with Gasteiger partial charge in [0.2, 0.25) is 0 Å². The Labute approximate surface area is 165 Å². The summed E-state index contributed by atoms with van der Waals surface area (Å²) in [5, 5.41) is 0. The van der Waals surface area contributed by atoms with Crippen molar-refractivity contribution >= 4 is 11.7 Å². The van der Waals surface area contributed by atoms with Gasteiger partial charge < -0.3 is 19.1 Å². The van der Waals surface area contributed by atoms with E-state index in [0.717, 1.165) is 43.4 Å². The molecule has 0 amide bonds. The van der Waals surface area contributed by atoms with Gasteiger partial charge in [-0.15, -0.1) is 0 Å². The van der Waals surface area contributed by atoms with E-state index in [1.807, 2.05) is 36.4 Å². The molecule has 0 aliphatic carbocycles. The lowest BCUT2D eigenvalue weighted by Crippen LogP contribution is -2.51.